The summed E-state index contributed by atoms with van der Waals surface area (Å²) in [4.78, 5) is 10.9. The Kier molecular flexibility index (Phi) is 4.59. The Labute approximate surface area is 68.7 Å². The Morgan fingerprint density at radius 1 is 1.55 bits per heavy atom. The highest BCUT2D eigenvalue weighted by molar-refractivity contribution is 5.75. The molecule has 0 aromatic heterocycles. The van der Waals surface area contributed by atoms with Crippen molar-refractivity contribution in [2.24, 2.45) is 5.92 Å². The molecule has 1 N–H and O–H groups in total. The standard InChI is InChI=1S/C9H17NO/c1-7(2)5-8(3)6-9(11)10-4/h8H,1,5-6H2,2-4H3,(H,10,11). The van der Waals surface area contributed by atoms with Crippen molar-refractivity contribution in [3.05, 3.63) is 12.2 Å². The maximum atomic E-state index is 10.9. The van der Waals surface area contributed by atoms with E-state index in [1.807, 2.05) is 6.92 Å². The van der Waals surface area contributed by atoms with Crippen molar-refractivity contribution < 1.29 is 4.79 Å². The third-order valence-corrected chi connectivity index (χ3v) is 1.51. The first-order valence-electron chi connectivity index (χ1n) is 3.91. The van der Waals surface area contributed by atoms with Crippen LogP contribution in [0.4, 0.5) is 0 Å². The van der Waals surface area contributed by atoms with Gasteiger partial charge >= 0.3 is 0 Å². The average Bonchev–Trinajstić information content (AvgIpc) is 1.85. The summed E-state index contributed by atoms with van der Waals surface area (Å²) < 4.78 is 0. The highest BCUT2D eigenvalue weighted by Gasteiger charge is 2.06. The Bertz CT molecular complexity index is 152. The van der Waals surface area contributed by atoms with Crippen LogP contribution in [0.25, 0.3) is 0 Å². The van der Waals surface area contributed by atoms with Gasteiger partial charge in [-0.1, -0.05) is 12.5 Å². The van der Waals surface area contributed by atoms with Gasteiger partial charge < -0.3 is 5.32 Å². The second-order valence-corrected chi connectivity index (χ2v) is 3.14. The van der Waals surface area contributed by atoms with Crippen LogP contribution in [0.1, 0.15) is 26.7 Å². The van der Waals surface area contributed by atoms with Gasteiger partial charge in [0, 0.05) is 13.5 Å². The molecule has 0 saturated carbocycles. The Morgan fingerprint density at radius 3 is 2.45 bits per heavy atom. The molecule has 0 aliphatic heterocycles. The van der Waals surface area contributed by atoms with Gasteiger partial charge in [-0.2, -0.15) is 0 Å². The summed E-state index contributed by atoms with van der Waals surface area (Å²) in [5.41, 5.74) is 1.14. The Hall–Kier alpha value is -0.790. The summed E-state index contributed by atoms with van der Waals surface area (Å²) in [6.45, 7) is 7.84. The zero-order valence-electron chi connectivity index (χ0n) is 7.61. The molecule has 0 fully saturated rings. The quantitative estimate of drug-likeness (QED) is 0.615. The van der Waals surface area contributed by atoms with Gasteiger partial charge in [-0.15, -0.1) is 6.58 Å². The number of carbonyl (C=O) groups excluding carboxylic acids is 1. The molecule has 11 heavy (non-hydrogen) atoms. The summed E-state index contributed by atoms with van der Waals surface area (Å²) >= 11 is 0. The van der Waals surface area contributed by atoms with E-state index in [0.29, 0.717) is 12.3 Å². The van der Waals surface area contributed by atoms with Gasteiger partial charge in [0.1, 0.15) is 0 Å². The lowest BCUT2D eigenvalue weighted by Gasteiger charge is -2.08. The van der Waals surface area contributed by atoms with Crippen LogP contribution in [0.15, 0.2) is 12.2 Å². The molecule has 64 valence electrons. The van der Waals surface area contributed by atoms with Crippen LogP contribution in [0.5, 0.6) is 0 Å². The summed E-state index contributed by atoms with van der Waals surface area (Å²) in [6, 6.07) is 0. The highest BCUT2D eigenvalue weighted by atomic mass is 16.1. The monoisotopic (exact) mass is 155 g/mol. The van der Waals surface area contributed by atoms with Gasteiger partial charge in [-0.25, -0.2) is 0 Å². The Morgan fingerprint density at radius 2 is 2.09 bits per heavy atom. The molecule has 0 aromatic rings. The average molecular weight is 155 g/mol. The minimum atomic E-state index is 0.110. The maximum Gasteiger partial charge on any atom is 0.220 e. The third kappa shape index (κ3) is 5.64. The molecule has 1 unspecified atom stereocenters. The molecule has 2 heteroatoms. The van der Waals surface area contributed by atoms with Crippen molar-refractivity contribution in [1.29, 1.82) is 0 Å². The second kappa shape index (κ2) is 4.94. The zero-order valence-corrected chi connectivity index (χ0v) is 7.61. The molecular formula is C9H17NO. The predicted octanol–water partition coefficient (Wildman–Crippen LogP) is 1.72. The second-order valence-electron chi connectivity index (χ2n) is 3.14. The molecule has 0 radical (unpaired) electrons. The number of hydrogen-bond acceptors (Lipinski definition) is 1. The van der Waals surface area contributed by atoms with Crippen LogP contribution in [-0.2, 0) is 4.79 Å². The van der Waals surface area contributed by atoms with E-state index in [-0.39, 0.29) is 5.91 Å². The van der Waals surface area contributed by atoms with Crippen molar-refractivity contribution in [1.82, 2.24) is 5.32 Å². The molecule has 0 aliphatic rings. The molecule has 0 heterocycles. The van der Waals surface area contributed by atoms with Gasteiger partial charge in [0.2, 0.25) is 5.91 Å². The van der Waals surface area contributed by atoms with Crippen LogP contribution < -0.4 is 5.32 Å². The van der Waals surface area contributed by atoms with Crippen molar-refractivity contribution in [3.8, 4) is 0 Å². The third-order valence-electron chi connectivity index (χ3n) is 1.51. The van der Waals surface area contributed by atoms with Crippen LogP contribution in [-0.4, -0.2) is 13.0 Å². The fourth-order valence-corrected chi connectivity index (χ4v) is 1.09. The van der Waals surface area contributed by atoms with Crippen LogP contribution in [0.3, 0.4) is 0 Å². The summed E-state index contributed by atoms with van der Waals surface area (Å²) in [5.74, 6) is 0.520. The van der Waals surface area contributed by atoms with Crippen LogP contribution >= 0.6 is 0 Å². The van der Waals surface area contributed by atoms with E-state index in [9.17, 15) is 4.79 Å². The first kappa shape index (κ1) is 10.2. The molecule has 0 saturated heterocycles. The normalized spacial score (nSPS) is 12.3. The van der Waals surface area contributed by atoms with Crippen LogP contribution in [0, 0.1) is 5.92 Å². The van der Waals surface area contributed by atoms with Crippen molar-refractivity contribution in [3.63, 3.8) is 0 Å². The first-order valence-corrected chi connectivity index (χ1v) is 3.91. The van der Waals surface area contributed by atoms with E-state index in [1.54, 1.807) is 7.05 Å². The largest absolute Gasteiger partial charge is 0.359 e. The predicted molar refractivity (Wildman–Crippen MR) is 47.3 cm³/mol. The summed E-state index contributed by atoms with van der Waals surface area (Å²) in [7, 11) is 1.66. The number of carbonyl (C=O) groups is 1. The molecule has 0 spiro atoms. The van der Waals surface area contributed by atoms with Crippen molar-refractivity contribution >= 4 is 5.91 Å². The lowest BCUT2D eigenvalue weighted by atomic mass is 10.00. The first-order chi connectivity index (χ1) is 5.06. The lowest BCUT2D eigenvalue weighted by molar-refractivity contribution is -0.121. The molecule has 1 atom stereocenters. The number of nitrogens with one attached hydrogen (secondary N) is 1. The van der Waals surface area contributed by atoms with E-state index in [1.165, 1.54) is 0 Å². The van der Waals surface area contributed by atoms with E-state index in [4.69, 9.17) is 0 Å². The van der Waals surface area contributed by atoms with Crippen molar-refractivity contribution in [2.75, 3.05) is 7.05 Å². The van der Waals surface area contributed by atoms with Gasteiger partial charge in [0.05, 0.1) is 0 Å². The van der Waals surface area contributed by atoms with E-state index >= 15 is 0 Å². The van der Waals surface area contributed by atoms with Crippen molar-refractivity contribution in [2.45, 2.75) is 26.7 Å². The molecule has 0 rings (SSSR count). The summed E-state index contributed by atoms with van der Waals surface area (Å²) in [5, 5.41) is 2.60. The molecule has 0 bridgehead atoms. The van der Waals surface area contributed by atoms with E-state index < -0.39 is 0 Å². The molecule has 2 nitrogen and oxygen atoms in total. The fourth-order valence-electron chi connectivity index (χ4n) is 1.09. The highest BCUT2D eigenvalue weighted by Crippen LogP contribution is 2.12. The molecule has 0 aromatic carbocycles. The minimum absolute atomic E-state index is 0.110. The fraction of sp³-hybridized carbons (Fsp3) is 0.667. The smallest absolute Gasteiger partial charge is 0.220 e. The SMILES string of the molecule is C=C(C)CC(C)CC(=O)NC. The molecular weight excluding hydrogens is 138 g/mol. The number of rotatable bonds is 4. The topological polar surface area (TPSA) is 29.1 Å². The van der Waals surface area contributed by atoms with Gasteiger partial charge in [0.15, 0.2) is 0 Å². The van der Waals surface area contributed by atoms with E-state index in [2.05, 4.69) is 18.8 Å². The maximum absolute atomic E-state index is 10.9. The zero-order chi connectivity index (χ0) is 8.85. The lowest BCUT2D eigenvalue weighted by Crippen LogP contribution is -2.20. The van der Waals surface area contributed by atoms with Crippen LogP contribution in [0.2, 0.25) is 0 Å². The molecule has 1 amide bonds. The molecule has 0 aliphatic carbocycles. The summed E-state index contributed by atoms with van der Waals surface area (Å²) in [6.07, 6.45) is 1.54. The van der Waals surface area contributed by atoms with E-state index in [0.717, 1.165) is 12.0 Å². The van der Waals surface area contributed by atoms with Gasteiger partial charge in [0.25, 0.3) is 0 Å². The number of allylic oxidation sites excluding steroid dienone is 1. The minimum Gasteiger partial charge on any atom is -0.359 e. The number of hydrogen-bond donors (Lipinski definition) is 1. The van der Waals surface area contributed by atoms with Gasteiger partial charge in [-0.05, 0) is 19.3 Å². The Balaban J connectivity index is 3.60. The number of amides is 1. The van der Waals surface area contributed by atoms with Gasteiger partial charge in [-0.3, -0.25) is 4.79 Å².